The van der Waals surface area contributed by atoms with E-state index in [0.29, 0.717) is 0 Å². The summed E-state index contributed by atoms with van der Waals surface area (Å²) >= 11 is 5.23. The molecule has 0 radical (unpaired) electrons. The van der Waals surface area contributed by atoms with Crippen molar-refractivity contribution >= 4 is 17.6 Å². The Morgan fingerprint density at radius 1 is 1.60 bits per heavy atom. The van der Waals surface area contributed by atoms with E-state index in [-0.39, 0.29) is 5.69 Å². The third-order valence-corrected chi connectivity index (χ3v) is 1.94. The zero-order chi connectivity index (χ0) is 11.6. The number of carbonyl (C=O) groups is 1. The minimum Gasteiger partial charge on any atom is -0.481 e. The van der Waals surface area contributed by atoms with Crippen LogP contribution in [0.2, 0.25) is 5.02 Å². The summed E-state index contributed by atoms with van der Waals surface area (Å²) < 4.78 is 37.5. The number of halogens is 4. The lowest BCUT2D eigenvalue weighted by Gasteiger charge is -2.05. The zero-order valence-electron chi connectivity index (χ0n) is 7.18. The largest absolute Gasteiger partial charge is 0.481 e. The molecular formula is C8H5ClF3NO2. The van der Waals surface area contributed by atoms with Crippen LogP contribution in [-0.4, -0.2) is 16.1 Å². The number of hydrogen-bond acceptors (Lipinski definition) is 2. The van der Waals surface area contributed by atoms with Crippen LogP contribution in [-0.2, 0) is 11.2 Å². The Labute approximate surface area is 87.5 Å². The Morgan fingerprint density at radius 2 is 2.20 bits per heavy atom. The lowest BCUT2D eigenvalue weighted by atomic mass is 10.2. The number of alkyl halides is 2. The SMILES string of the molecule is O=C(O)Cc1cc(C(F)F)c(Cl)c(F)n1. The second-order valence-electron chi connectivity index (χ2n) is 2.68. The van der Waals surface area contributed by atoms with Gasteiger partial charge in [-0.2, -0.15) is 4.39 Å². The highest BCUT2D eigenvalue weighted by molar-refractivity contribution is 6.31. The predicted molar refractivity (Wildman–Crippen MR) is 45.5 cm³/mol. The maximum Gasteiger partial charge on any atom is 0.309 e. The number of aliphatic carboxylic acids is 1. The van der Waals surface area contributed by atoms with Crippen molar-refractivity contribution in [1.29, 1.82) is 0 Å². The van der Waals surface area contributed by atoms with Crippen LogP contribution < -0.4 is 0 Å². The van der Waals surface area contributed by atoms with E-state index in [1.54, 1.807) is 0 Å². The van der Waals surface area contributed by atoms with E-state index in [9.17, 15) is 18.0 Å². The summed E-state index contributed by atoms with van der Waals surface area (Å²) in [6, 6.07) is 0.782. The quantitative estimate of drug-likeness (QED) is 0.824. The van der Waals surface area contributed by atoms with Crippen LogP contribution >= 0.6 is 11.6 Å². The Bertz CT molecular complexity index is 398. The van der Waals surface area contributed by atoms with E-state index in [1.807, 2.05) is 0 Å². The molecule has 1 heterocycles. The number of aromatic nitrogens is 1. The van der Waals surface area contributed by atoms with E-state index >= 15 is 0 Å². The molecule has 0 saturated heterocycles. The van der Waals surface area contributed by atoms with Gasteiger partial charge in [0, 0.05) is 5.56 Å². The lowest BCUT2D eigenvalue weighted by molar-refractivity contribution is -0.136. The van der Waals surface area contributed by atoms with Gasteiger partial charge in [0.15, 0.2) is 0 Å². The molecule has 0 spiro atoms. The van der Waals surface area contributed by atoms with Gasteiger partial charge in [-0.3, -0.25) is 4.79 Å². The van der Waals surface area contributed by atoms with Crippen LogP contribution in [0.1, 0.15) is 17.7 Å². The first kappa shape index (κ1) is 11.8. The Balaban J connectivity index is 3.17. The molecule has 15 heavy (non-hydrogen) atoms. The van der Waals surface area contributed by atoms with Gasteiger partial charge in [0.05, 0.1) is 12.1 Å². The summed E-state index contributed by atoms with van der Waals surface area (Å²) in [7, 11) is 0. The normalized spacial score (nSPS) is 10.7. The molecule has 0 bridgehead atoms. The molecule has 7 heteroatoms. The second-order valence-corrected chi connectivity index (χ2v) is 3.06. The van der Waals surface area contributed by atoms with Crippen molar-refractivity contribution in [1.82, 2.24) is 4.98 Å². The molecule has 3 nitrogen and oxygen atoms in total. The monoisotopic (exact) mass is 239 g/mol. The first-order valence-corrected chi connectivity index (χ1v) is 4.14. The summed E-state index contributed by atoms with van der Waals surface area (Å²) in [5.41, 5.74) is -1.04. The van der Waals surface area contributed by atoms with Gasteiger partial charge in [-0.25, -0.2) is 13.8 Å². The smallest absolute Gasteiger partial charge is 0.309 e. The van der Waals surface area contributed by atoms with Crippen molar-refractivity contribution in [2.24, 2.45) is 0 Å². The minimum atomic E-state index is -2.97. The average Bonchev–Trinajstić information content (AvgIpc) is 2.09. The first-order chi connectivity index (χ1) is 6.91. The summed E-state index contributed by atoms with van der Waals surface area (Å²) in [4.78, 5) is 13.4. The Kier molecular flexibility index (Phi) is 3.52. The third-order valence-electron chi connectivity index (χ3n) is 1.57. The van der Waals surface area contributed by atoms with Crippen molar-refractivity contribution in [3.63, 3.8) is 0 Å². The van der Waals surface area contributed by atoms with Crippen molar-refractivity contribution in [3.05, 3.63) is 28.3 Å². The molecule has 0 aromatic carbocycles. The molecule has 0 atom stereocenters. The van der Waals surface area contributed by atoms with Gasteiger partial charge >= 0.3 is 5.97 Å². The van der Waals surface area contributed by atoms with E-state index in [2.05, 4.69) is 4.98 Å². The van der Waals surface area contributed by atoms with Gasteiger partial charge in [-0.05, 0) is 6.07 Å². The molecule has 1 aromatic rings. The standard InChI is InChI=1S/C8H5ClF3NO2/c9-6-4(7(10)11)1-3(2-5(14)15)13-8(6)12/h1,7H,2H2,(H,14,15). The number of hydrogen-bond donors (Lipinski definition) is 1. The molecule has 0 saturated carbocycles. The van der Waals surface area contributed by atoms with Crippen LogP contribution in [0.3, 0.4) is 0 Å². The third kappa shape index (κ3) is 2.82. The minimum absolute atomic E-state index is 0.292. The topological polar surface area (TPSA) is 50.2 Å². The molecule has 0 fully saturated rings. The molecule has 82 valence electrons. The fourth-order valence-electron chi connectivity index (χ4n) is 0.974. The molecule has 0 aliphatic heterocycles. The van der Waals surface area contributed by atoms with Gasteiger partial charge in [0.25, 0.3) is 6.43 Å². The summed E-state index contributed by atoms with van der Waals surface area (Å²) in [6.45, 7) is 0. The van der Waals surface area contributed by atoms with Crippen LogP contribution in [0.5, 0.6) is 0 Å². The molecular weight excluding hydrogens is 235 g/mol. The molecule has 1 N–H and O–H groups in total. The number of carboxylic acid groups (broad SMARTS) is 1. The van der Waals surface area contributed by atoms with Gasteiger partial charge in [-0.15, -0.1) is 0 Å². The van der Waals surface area contributed by atoms with Crippen molar-refractivity contribution in [2.45, 2.75) is 12.8 Å². The second kappa shape index (κ2) is 4.48. The molecule has 0 aliphatic carbocycles. The van der Waals surface area contributed by atoms with Gasteiger partial charge < -0.3 is 5.11 Å². The number of nitrogens with zero attached hydrogens (tertiary/aromatic N) is 1. The molecule has 1 rings (SSSR count). The fraction of sp³-hybridized carbons (Fsp3) is 0.250. The van der Waals surface area contributed by atoms with E-state index in [0.717, 1.165) is 6.07 Å². The number of rotatable bonds is 3. The van der Waals surface area contributed by atoms with Gasteiger partial charge in [0.1, 0.15) is 5.02 Å². The maximum atomic E-state index is 12.9. The van der Waals surface area contributed by atoms with Crippen molar-refractivity contribution < 1.29 is 23.1 Å². The Morgan fingerprint density at radius 3 is 2.67 bits per heavy atom. The lowest BCUT2D eigenvalue weighted by Crippen LogP contribution is -2.05. The highest BCUT2D eigenvalue weighted by Gasteiger charge is 2.18. The highest BCUT2D eigenvalue weighted by Crippen LogP contribution is 2.28. The van der Waals surface area contributed by atoms with Gasteiger partial charge in [0.2, 0.25) is 5.95 Å². The van der Waals surface area contributed by atoms with Crippen LogP contribution in [0.15, 0.2) is 6.07 Å². The predicted octanol–water partition coefficient (Wildman–Crippen LogP) is 2.44. The average molecular weight is 240 g/mol. The van der Waals surface area contributed by atoms with E-state index < -0.39 is 35.3 Å². The number of carboxylic acids is 1. The van der Waals surface area contributed by atoms with Crippen molar-refractivity contribution in [2.75, 3.05) is 0 Å². The number of pyridine rings is 1. The van der Waals surface area contributed by atoms with E-state index in [4.69, 9.17) is 16.7 Å². The summed E-state index contributed by atoms with van der Waals surface area (Å²) in [6.07, 6.45) is -3.60. The fourth-order valence-corrected chi connectivity index (χ4v) is 1.15. The Hall–Kier alpha value is -1.30. The zero-order valence-corrected chi connectivity index (χ0v) is 7.93. The summed E-state index contributed by atoms with van der Waals surface area (Å²) in [5.74, 6) is -2.57. The van der Waals surface area contributed by atoms with Crippen LogP contribution in [0.25, 0.3) is 0 Å². The molecule has 0 aliphatic rings. The van der Waals surface area contributed by atoms with E-state index in [1.165, 1.54) is 0 Å². The van der Waals surface area contributed by atoms with Gasteiger partial charge in [-0.1, -0.05) is 11.6 Å². The highest BCUT2D eigenvalue weighted by atomic mass is 35.5. The molecule has 0 amide bonds. The maximum absolute atomic E-state index is 12.9. The summed E-state index contributed by atoms with van der Waals surface area (Å²) in [5, 5.41) is 7.60. The molecule has 0 unspecified atom stereocenters. The molecule has 1 aromatic heterocycles. The van der Waals surface area contributed by atoms with Crippen LogP contribution in [0, 0.1) is 5.95 Å². The van der Waals surface area contributed by atoms with Crippen molar-refractivity contribution in [3.8, 4) is 0 Å². The first-order valence-electron chi connectivity index (χ1n) is 3.76. The van der Waals surface area contributed by atoms with Crippen LogP contribution in [0.4, 0.5) is 13.2 Å².